The molecular weight excluding hydrogens is 408 g/mol. The molecule has 3 rings (SSSR count). The van der Waals surface area contributed by atoms with Crippen LogP contribution < -0.4 is 0 Å². The van der Waals surface area contributed by atoms with Crippen LogP contribution in [0.3, 0.4) is 0 Å². The van der Waals surface area contributed by atoms with E-state index in [1.807, 2.05) is 26.8 Å². The first kappa shape index (κ1) is 22.9. The van der Waals surface area contributed by atoms with Gasteiger partial charge in [0, 0.05) is 37.1 Å². The van der Waals surface area contributed by atoms with Gasteiger partial charge in [-0.15, -0.1) is 11.3 Å². The molecule has 1 saturated heterocycles. The van der Waals surface area contributed by atoms with Crippen LogP contribution in [0, 0.1) is 0 Å². The summed E-state index contributed by atoms with van der Waals surface area (Å²) in [7, 11) is 0. The molecule has 0 radical (unpaired) electrons. The first-order valence-corrected chi connectivity index (χ1v) is 12.1. The first-order chi connectivity index (χ1) is 13.6. The topological polar surface area (TPSA) is 64.0 Å². The predicted molar refractivity (Wildman–Crippen MR) is 119 cm³/mol. The van der Waals surface area contributed by atoms with E-state index in [-0.39, 0.29) is 12.0 Å². The highest BCUT2D eigenvalue weighted by Gasteiger charge is 2.41. The summed E-state index contributed by atoms with van der Waals surface area (Å²) in [6, 6.07) is 2.07. The fourth-order valence-corrected chi connectivity index (χ4v) is 6.16. The molecule has 1 unspecified atom stereocenters. The van der Waals surface area contributed by atoms with Crippen molar-refractivity contribution in [2.75, 3.05) is 19.6 Å². The molecule has 2 N–H and O–H groups in total. The van der Waals surface area contributed by atoms with Crippen molar-refractivity contribution in [3.63, 3.8) is 0 Å². The highest BCUT2D eigenvalue weighted by Crippen LogP contribution is 2.42. The third kappa shape index (κ3) is 5.46. The van der Waals surface area contributed by atoms with Crippen LogP contribution in [0.15, 0.2) is 11.4 Å². The number of hydrogen-bond acceptors (Lipinski definition) is 4. The zero-order chi connectivity index (χ0) is 21.2. The maximum absolute atomic E-state index is 11.8. The van der Waals surface area contributed by atoms with Crippen molar-refractivity contribution < 1.29 is 15.0 Å². The lowest BCUT2D eigenvalue weighted by Gasteiger charge is -2.46. The Hall–Kier alpha value is -0.820. The van der Waals surface area contributed by atoms with Crippen LogP contribution in [-0.2, 0) is 0 Å². The van der Waals surface area contributed by atoms with Gasteiger partial charge in [0.15, 0.2) is 0 Å². The number of thiophene rings is 1. The minimum Gasteiger partial charge on any atom is -0.465 e. The molecule has 0 spiro atoms. The van der Waals surface area contributed by atoms with Gasteiger partial charge in [-0.25, -0.2) is 4.79 Å². The van der Waals surface area contributed by atoms with Gasteiger partial charge < -0.3 is 20.0 Å². The molecule has 1 aliphatic heterocycles. The van der Waals surface area contributed by atoms with E-state index in [0.717, 1.165) is 68.1 Å². The molecule has 2 aliphatic rings. The molecule has 1 aliphatic carbocycles. The average Bonchev–Trinajstić information content (AvgIpc) is 3.06. The Bertz CT molecular complexity index is 688. The summed E-state index contributed by atoms with van der Waals surface area (Å²) in [6.45, 7) is 8.40. The Morgan fingerprint density at radius 2 is 1.93 bits per heavy atom. The highest BCUT2D eigenvalue weighted by atomic mass is 35.5. The Morgan fingerprint density at radius 3 is 2.41 bits per heavy atom. The van der Waals surface area contributed by atoms with Gasteiger partial charge in [-0.3, -0.25) is 0 Å². The maximum atomic E-state index is 11.8. The van der Waals surface area contributed by atoms with Crippen LogP contribution in [0.5, 0.6) is 0 Å². The summed E-state index contributed by atoms with van der Waals surface area (Å²) in [5.41, 5.74) is 0.0811. The molecule has 1 amide bonds. The van der Waals surface area contributed by atoms with Crippen LogP contribution in [0.1, 0.15) is 77.2 Å². The summed E-state index contributed by atoms with van der Waals surface area (Å²) in [5, 5.41) is 23.3. The number of nitrogens with zero attached hydrogens (tertiary/aromatic N) is 2. The quantitative estimate of drug-likeness (QED) is 0.638. The van der Waals surface area contributed by atoms with Crippen molar-refractivity contribution >= 4 is 29.0 Å². The third-order valence-corrected chi connectivity index (χ3v) is 7.76. The number of piperidine rings is 1. The van der Waals surface area contributed by atoms with E-state index in [2.05, 4.69) is 10.3 Å². The van der Waals surface area contributed by atoms with Gasteiger partial charge in [0.25, 0.3) is 0 Å². The van der Waals surface area contributed by atoms with Crippen molar-refractivity contribution in [1.82, 2.24) is 9.80 Å². The highest BCUT2D eigenvalue weighted by molar-refractivity contribution is 7.14. The van der Waals surface area contributed by atoms with Crippen LogP contribution in [0.4, 0.5) is 4.79 Å². The van der Waals surface area contributed by atoms with Crippen molar-refractivity contribution in [1.29, 1.82) is 0 Å². The monoisotopic (exact) mass is 442 g/mol. The Kier molecular flexibility index (Phi) is 7.19. The molecule has 1 aromatic heterocycles. The lowest BCUT2D eigenvalue weighted by Crippen LogP contribution is -2.55. The largest absolute Gasteiger partial charge is 0.465 e. The van der Waals surface area contributed by atoms with Crippen molar-refractivity contribution in [3.8, 4) is 0 Å². The first-order valence-electron chi connectivity index (χ1n) is 10.8. The number of amides is 1. The second-order valence-electron chi connectivity index (χ2n) is 9.76. The smallest absolute Gasteiger partial charge is 0.407 e. The molecule has 1 aromatic rings. The molecular formula is C22H35ClN2O3S. The second kappa shape index (κ2) is 9.13. The molecule has 0 aromatic carbocycles. The van der Waals surface area contributed by atoms with Crippen molar-refractivity contribution in [2.24, 2.45) is 0 Å². The Labute approximate surface area is 183 Å². The molecule has 2 heterocycles. The van der Waals surface area contributed by atoms with E-state index < -0.39 is 17.2 Å². The molecule has 2 fully saturated rings. The SMILES string of the molecule is CC(C)(C)N(C(=O)O)C1CCN(CC(c2csc(Cl)c2)C2(O)CCCCC2)CC1. The minimum atomic E-state index is -0.835. The zero-order valence-corrected chi connectivity index (χ0v) is 19.4. The van der Waals surface area contributed by atoms with E-state index in [1.54, 1.807) is 4.90 Å². The molecule has 1 saturated carbocycles. The summed E-state index contributed by atoms with van der Waals surface area (Å²) >= 11 is 7.75. The molecule has 0 bridgehead atoms. The van der Waals surface area contributed by atoms with Gasteiger partial charge in [-0.05, 0) is 63.5 Å². The Morgan fingerprint density at radius 1 is 1.31 bits per heavy atom. The van der Waals surface area contributed by atoms with Crippen molar-refractivity contribution in [3.05, 3.63) is 21.3 Å². The minimum absolute atomic E-state index is 0.0514. The van der Waals surface area contributed by atoms with E-state index in [1.165, 1.54) is 17.8 Å². The second-order valence-corrected chi connectivity index (χ2v) is 11.3. The number of carboxylic acid groups (broad SMARTS) is 1. The van der Waals surface area contributed by atoms with Gasteiger partial charge in [-0.1, -0.05) is 30.9 Å². The molecule has 7 heteroatoms. The maximum Gasteiger partial charge on any atom is 0.407 e. The summed E-state index contributed by atoms with van der Waals surface area (Å²) in [5.74, 6) is 0.0568. The lowest BCUT2D eigenvalue weighted by molar-refractivity contribution is -0.0348. The van der Waals surface area contributed by atoms with E-state index in [4.69, 9.17) is 11.6 Å². The third-order valence-electron chi connectivity index (χ3n) is 6.65. The van der Waals surface area contributed by atoms with Crippen LogP contribution in [0.2, 0.25) is 4.34 Å². The number of halogens is 1. The molecule has 5 nitrogen and oxygen atoms in total. The van der Waals surface area contributed by atoms with E-state index in [9.17, 15) is 15.0 Å². The van der Waals surface area contributed by atoms with Crippen LogP contribution in [0.25, 0.3) is 0 Å². The standard InChI is InChI=1S/C22H35ClN2O3S/c1-21(2,3)25(20(26)27)17-7-11-24(12-8-17)14-18(16-13-19(23)29-15-16)22(28)9-5-4-6-10-22/h13,15,17-18,28H,4-12,14H2,1-3H3,(H,26,27). The predicted octanol–water partition coefficient (Wildman–Crippen LogP) is 5.42. The normalized spacial score (nSPS) is 22.4. The lowest BCUT2D eigenvalue weighted by atomic mass is 9.73. The number of likely N-dealkylation sites (tertiary alicyclic amines) is 1. The number of aliphatic hydroxyl groups is 1. The van der Waals surface area contributed by atoms with Gasteiger partial charge in [0.05, 0.1) is 9.94 Å². The molecule has 29 heavy (non-hydrogen) atoms. The van der Waals surface area contributed by atoms with E-state index >= 15 is 0 Å². The molecule has 164 valence electrons. The number of rotatable bonds is 5. The molecule has 1 atom stereocenters. The van der Waals surface area contributed by atoms with Gasteiger partial charge >= 0.3 is 6.09 Å². The van der Waals surface area contributed by atoms with Gasteiger partial charge in [0.1, 0.15) is 0 Å². The fourth-order valence-electron chi connectivity index (χ4n) is 5.21. The summed E-state index contributed by atoms with van der Waals surface area (Å²) < 4.78 is 0.769. The van der Waals surface area contributed by atoms with Crippen LogP contribution in [-0.4, -0.2) is 62.9 Å². The summed E-state index contributed by atoms with van der Waals surface area (Å²) in [4.78, 5) is 15.8. The van der Waals surface area contributed by atoms with Crippen LogP contribution >= 0.6 is 22.9 Å². The van der Waals surface area contributed by atoms with Crippen molar-refractivity contribution in [2.45, 2.75) is 88.8 Å². The number of carbonyl (C=O) groups is 1. The van der Waals surface area contributed by atoms with Gasteiger partial charge in [-0.2, -0.15) is 0 Å². The summed E-state index contributed by atoms with van der Waals surface area (Å²) in [6.07, 6.45) is 5.87. The zero-order valence-electron chi connectivity index (χ0n) is 17.9. The fraction of sp³-hybridized carbons (Fsp3) is 0.773. The number of hydrogen-bond donors (Lipinski definition) is 2. The van der Waals surface area contributed by atoms with E-state index in [0.29, 0.717) is 0 Å². The Balaban J connectivity index is 1.69. The van der Waals surface area contributed by atoms with Gasteiger partial charge in [0.2, 0.25) is 0 Å². The average molecular weight is 443 g/mol.